The fourth-order valence-electron chi connectivity index (χ4n) is 1.22. The molecule has 0 heterocycles. The molecule has 0 amide bonds. The number of nitro benzene ring substituents is 1. The lowest BCUT2D eigenvalue weighted by Gasteiger charge is -2.07. The second kappa shape index (κ2) is 5.07. The van der Waals surface area contributed by atoms with Gasteiger partial charge in [0.25, 0.3) is 5.69 Å². The lowest BCUT2D eigenvalue weighted by atomic mass is 10.1. The minimum absolute atomic E-state index is 0.0353. The zero-order valence-corrected chi connectivity index (χ0v) is 10.4. The minimum Gasteiger partial charge on any atom is -0.462 e. The number of aryl methyl sites for hydroxylation is 1. The predicted octanol–water partition coefficient (Wildman–Crippen LogP) is 2.84. The maximum absolute atomic E-state index is 11.6. The van der Waals surface area contributed by atoms with Gasteiger partial charge in [-0.15, -0.1) is 0 Å². The molecule has 0 saturated carbocycles. The lowest BCUT2D eigenvalue weighted by molar-refractivity contribution is -0.385. The van der Waals surface area contributed by atoms with Gasteiger partial charge in [-0.3, -0.25) is 10.1 Å². The number of carbonyl (C=O) groups excluding carboxylic acids is 1. The first kappa shape index (κ1) is 12.6. The highest BCUT2D eigenvalue weighted by Gasteiger charge is 2.25. The van der Waals surface area contributed by atoms with Crippen LogP contribution in [0.2, 0.25) is 0 Å². The third-order valence-corrected chi connectivity index (χ3v) is 3.01. The molecule has 0 saturated heterocycles. The minimum atomic E-state index is -0.690. The van der Waals surface area contributed by atoms with Gasteiger partial charge in [0.1, 0.15) is 0 Å². The maximum atomic E-state index is 11.6. The highest BCUT2D eigenvalue weighted by atomic mass is 79.9. The van der Waals surface area contributed by atoms with Crippen molar-refractivity contribution < 1.29 is 14.5 Å². The molecule has 0 fully saturated rings. The van der Waals surface area contributed by atoms with Crippen LogP contribution in [0.3, 0.4) is 0 Å². The van der Waals surface area contributed by atoms with Gasteiger partial charge in [0.2, 0.25) is 0 Å². The van der Waals surface area contributed by atoms with Crippen LogP contribution in [0.5, 0.6) is 0 Å². The summed E-state index contributed by atoms with van der Waals surface area (Å²) in [6.45, 7) is 3.57. The molecule has 0 atom stereocenters. The summed E-state index contributed by atoms with van der Waals surface area (Å²) >= 11 is 3.16. The lowest BCUT2D eigenvalue weighted by Crippen LogP contribution is -2.09. The third kappa shape index (κ3) is 2.38. The number of rotatable bonds is 3. The first-order valence-electron chi connectivity index (χ1n) is 4.59. The molecular formula is C10H10BrNO4. The van der Waals surface area contributed by atoms with E-state index in [4.69, 9.17) is 4.74 Å². The van der Waals surface area contributed by atoms with Gasteiger partial charge in [-0.1, -0.05) is 6.07 Å². The largest absolute Gasteiger partial charge is 0.462 e. The molecular weight excluding hydrogens is 278 g/mol. The van der Waals surface area contributed by atoms with Crippen LogP contribution in [0.1, 0.15) is 22.8 Å². The zero-order chi connectivity index (χ0) is 12.3. The molecule has 0 unspecified atom stereocenters. The van der Waals surface area contributed by atoms with Crippen molar-refractivity contribution in [2.75, 3.05) is 6.61 Å². The van der Waals surface area contributed by atoms with Crippen LogP contribution in [0.4, 0.5) is 5.69 Å². The van der Waals surface area contributed by atoms with E-state index in [2.05, 4.69) is 15.9 Å². The van der Waals surface area contributed by atoms with Crippen LogP contribution in [0.15, 0.2) is 16.6 Å². The molecule has 86 valence electrons. The molecule has 5 nitrogen and oxygen atoms in total. The third-order valence-electron chi connectivity index (χ3n) is 1.99. The molecule has 1 rings (SSSR count). The van der Waals surface area contributed by atoms with Crippen molar-refractivity contribution in [2.45, 2.75) is 13.8 Å². The Balaban J connectivity index is 3.37. The number of hydrogen-bond acceptors (Lipinski definition) is 4. The van der Waals surface area contributed by atoms with Gasteiger partial charge in [0.15, 0.2) is 5.56 Å². The monoisotopic (exact) mass is 287 g/mol. The van der Waals surface area contributed by atoms with Crippen molar-refractivity contribution >= 4 is 27.6 Å². The molecule has 0 N–H and O–H groups in total. The standard InChI is InChI=1S/C10H10BrNO4/c1-3-16-10(13)8-7(12(14)15)5-4-6(2)9(8)11/h4-5H,3H2,1-2H3. The van der Waals surface area contributed by atoms with Crippen molar-refractivity contribution in [1.29, 1.82) is 0 Å². The van der Waals surface area contributed by atoms with Gasteiger partial charge in [0, 0.05) is 10.5 Å². The number of nitrogens with zero attached hydrogens (tertiary/aromatic N) is 1. The summed E-state index contributed by atoms with van der Waals surface area (Å²) < 4.78 is 5.18. The van der Waals surface area contributed by atoms with E-state index in [-0.39, 0.29) is 17.9 Å². The van der Waals surface area contributed by atoms with Gasteiger partial charge in [-0.2, -0.15) is 0 Å². The Morgan fingerprint density at radius 1 is 1.56 bits per heavy atom. The van der Waals surface area contributed by atoms with Gasteiger partial charge in [0.05, 0.1) is 11.5 Å². The van der Waals surface area contributed by atoms with E-state index < -0.39 is 10.9 Å². The number of benzene rings is 1. The van der Waals surface area contributed by atoms with E-state index in [0.29, 0.717) is 4.47 Å². The molecule has 0 aliphatic heterocycles. The van der Waals surface area contributed by atoms with E-state index in [1.165, 1.54) is 6.07 Å². The topological polar surface area (TPSA) is 69.4 Å². The van der Waals surface area contributed by atoms with E-state index in [1.807, 2.05) is 0 Å². The zero-order valence-electron chi connectivity index (χ0n) is 8.82. The van der Waals surface area contributed by atoms with Gasteiger partial charge in [-0.25, -0.2) is 4.79 Å². The Labute approximate surface area is 101 Å². The molecule has 0 radical (unpaired) electrons. The van der Waals surface area contributed by atoms with Crippen LogP contribution < -0.4 is 0 Å². The Morgan fingerprint density at radius 2 is 2.19 bits per heavy atom. The number of esters is 1. The SMILES string of the molecule is CCOC(=O)c1c([N+](=O)[O-])ccc(C)c1Br. The van der Waals surface area contributed by atoms with Gasteiger partial charge < -0.3 is 4.74 Å². The molecule has 1 aromatic rings. The summed E-state index contributed by atoms with van der Waals surface area (Å²) in [5.74, 6) is -0.690. The highest BCUT2D eigenvalue weighted by Crippen LogP contribution is 2.30. The van der Waals surface area contributed by atoms with E-state index in [9.17, 15) is 14.9 Å². The normalized spacial score (nSPS) is 9.94. The maximum Gasteiger partial charge on any atom is 0.346 e. The first-order valence-corrected chi connectivity index (χ1v) is 5.39. The number of ether oxygens (including phenoxy) is 1. The molecule has 0 aliphatic carbocycles. The predicted molar refractivity (Wildman–Crippen MR) is 61.5 cm³/mol. The molecule has 0 bridgehead atoms. The molecule has 0 aliphatic rings. The number of halogens is 1. The highest BCUT2D eigenvalue weighted by molar-refractivity contribution is 9.10. The second-order valence-electron chi connectivity index (χ2n) is 3.07. The summed E-state index contributed by atoms with van der Waals surface area (Å²) in [7, 11) is 0. The Bertz CT molecular complexity index is 445. The van der Waals surface area contributed by atoms with Crippen LogP contribution in [-0.2, 0) is 4.74 Å². The molecule has 16 heavy (non-hydrogen) atoms. The smallest absolute Gasteiger partial charge is 0.346 e. The number of carbonyl (C=O) groups is 1. The van der Waals surface area contributed by atoms with E-state index in [1.54, 1.807) is 19.9 Å². The summed E-state index contributed by atoms with van der Waals surface area (Å²) in [6, 6.07) is 2.87. The Hall–Kier alpha value is -1.43. The van der Waals surface area contributed by atoms with Crippen molar-refractivity contribution in [3.05, 3.63) is 37.8 Å². The molecule has 6 heteroatoms. The van der Waals surface area contributed by atoms with Crippen LogP contribution in [-0.4, -0.2) is 17.5 Å². The van der Waals surface area contributed by atoms with Crippen molar-refractivity contribution in [1.82, 2.24) is 0 Å². The molecule has 0 spiro atoms. The van der Waals surface area contributed by atoms with Crippen LogP contribution >= 0.6 is 15.9 Å². The number of nitro groups is 1. The number of hydrogen-bond donors (Lipinski definition) is 0. The summed E-state index contributed by atoms with van der Waals surface area (Å²) in [5.41, 5.74) is 0.455. The van der Waals surface area contributed by atoms with Crippen molar-refractivity contribution in [3.8, 4) is 0 Å². The van der Waals surface area contributed by atoms with Crippen LogP contribution in [0.25, 0.3) is 0 Å². The van der Waals surface area contributed by atoms with Crippen molar-refractivity contribution in [2.24, 2.45) is 0 Å². The van der Waals surface area contributed by atoms with E-state index >= 15 is 0 Å². The molecule has 1 aromatic carbocycles. The fraction of sp³-hybridized carbons (Fsp3) is 0.300. The summed E-state index contributed by atoms with van der Waals surface area (Å²) in [5, 5.41) is 10.8. The summed E-state index contributed by atoms with van der Waals surface area (Å²) in [6.07, 6.45) is 0. The first-order chi connectivity index (χ1) is 7.49. The summed E-state index contributed by atoms with van der Waals surface area (Å²) in [4.78, 5) is 21.8. The van der Waals surface area contributed by atoms with Gasteiger partial charge in [-0.05, 0) is 35.3 Å². The quantitative estimate of drug-likeness (QED) is 0.487. The van der Waals surface area contributed by atoms with Crippen LogP contribution in [0, 0.1) is 17.0 Å². The Morgan fingerprint density at radius 3 is 2.69 bits per heavy atom. The average Bonchev–Trinajstić information content (AvgIpc) is 2.21. The molecule has 0 aromatic heterocycles. The van der Waals surface area contributed by atoms with E-state index in [0.717, 1.165) is 5.56 Å². The van der Waals surface area contributed by atoms with Gasteiger partial charge >= 0.3 is 5.97 Å². The Kier molecular flexibility index (Phi) is 4.00. The van der Waals surface area contributed by atoms with Crippen molar-refractivity contribution in [3.63, 3.8) is 0 Å². The fourth-order valence-corrected chi connectivity index (χ4v) is 1.72. The average molecular weight is 288 g/mol. The second-order valence-corrected chi connectivity index (χ2v) is 3.86.